The number of carbonyl (C=O) groups excluding carboxylic acids is 2. The van der Waals surface area contributed by atoms with Crippen LogP contribution in [0.15, 0.2) is 61.2 Å². The molecule has 146 valence electrons. The first-order valence-electron chi connectivity index (χ1n) is 10.1. The molecular formula is C23H22N4O2. The van der Waals surface area contributed by atoms with Gasteiger partial charge in [-0.3, -0.25) is 19.6 Å². The van der Waals surface area contributed by atoms with Gasteiger partial charge in [-0.15, -0.1) is 0 Å². The van der Waals surface area contributed by atoms with Crippen LogP contribution in [0.1, 0.15) is 46.4 Å². The van der Waals surface area contributed by atoms with Crippen LogP contribution in [0.2, 0.25) is 0 Å². The molecule has 2 saturated heterocycles. The lowest BCUT2D eigenvalue weighted by Crippen LogP contribution is -2.52. The molecule has 2 unspecified atom stereocenters. The van der Waals surface area contributed by atoms with Gasteiger partial charge in [0.2, 0.25) is 0 Å². The number of piperidine rings is 1. The van der Waals surface area contributed by atoms with Gasteiger partial charge in [-0.25, -0.2) is 0 Å². The highest BCUT2D eigenvalue weighted by Crippen LogP contribution is 2.37. The summed E-state index contributed by atoms with van der Waals surface area (Å²) in [7, 11) is 0. The largest absolute Gasteiger partial charge is 0.349 e. The lowest BCUT2D eigenvalue weighted by molar-refractivity contribution is 0.0551. The third kappa shape index (κ3) is 3.24. The Morgan fingerprint density at radius 3 is 2.48 bits per heavy atom. The van der Waals surface area contributed by atoms with E-state index in [1.165, 1.54) is 0 Å². The fourth-order valence-electron chi connectivity index (χ4n) is 4.84. The van der Waals surface area contributed by atoms with Crippen LogP contribution < -0.4 is 5.32 Å². The fraction of sp³-hybridized carbons (Fsp3) is 0.304. The maximum absolute atomic E-state index is 13.4. The summed E-state index contributed by atoms with van der Waals surface area (Å²) in [6.45, 7) is 0. The van der Waals surface area contributed by atoms with Gasteiger partial charge in [0.25, 0.3) is 11.8 Å². The molecule has 0 aliphatic carbocycles. The number of nitrogens with one attached hydrogen (secondary N) is 1. The number of hydrogen-bond acceptors (Lipinski definition) is 4. The summed E-state index contributed by atoms with van der Waals surface area (Å²) in [4.78, 5) is 36.2. The lowest BCUT2D eigenvalue weighted by Gasteiger charge is -2.39. The highest BCUT2D eigenvalue weighted by molar-refractivity contribution is 6.07. The summed E-state index contributed by atoms with van der Waals surface area (Å²) in [6, 6.07) is 11.7. The second-order valence-corrected chi connectivity index (χ2v) is 7.88. The van der Waals surface area contributed by atoms with Gasteiger partial charge >= 0.3 is 0 Å². The van der Waals surface area contributed by atoms with Crippen molar-refractivity contribution in [3.05, 3.63) is 72.3 Å². The Morgan fingerprint density at radius 2 is 1.72 bits per heavy atom. The number of carbonyl (C=O) groups is 2. The molecule has 0 radical (unpaired) electrons. The second-order valence-electron chi connectivity index (χ2n) is 7.88. The molecule has 2 aromatic heterocycles. The van der Waals surface area contributed by atoms with E-state index in [0.717, 1.165) is 42.0 Å². The van der Waals surface area contributed by atoms with Gasteiger partial charge in [-0.05, 0) is 55.3 Å². The summed E-state index contributed by atoms with van der Waals surface area (Å²) < 4.78 is 0. The van der Waals surface area contributed by atoms with Crippen molar-refractivity contribution < 1.29 is 9.59 Å². The number of aromatic nitrogens is 2. The molecule has 2 bridgehead atoms. The van der Waals surface area contributed by atoms with E-state index in [4.69, 9.17) is 0 Å². The topological polar surface area (TPSA) is 75.2 Å². The molecule has 2 aliphatic rings. The number of fused-ring (bicyclic) bond motifs is 3. The number of amides is 2. The molecule has 6 nitrogen and oxygen atoms in total. The van der Waals surface area contributed by atoms with Crippen molar-refractivity contribution in [2.24, 2.45) is 0 Å². The van der Waals surface area contributed by atoms with Gasteiger partial charge in [-0.2, -0.15) is 0 Å². The van der Waals surface area contributed by atoms with Gasteiger partial charge in [0.05, 0.1) is 5.56 Å². The van der Waals surface area contributed by atoms with Crippen LogP contribution in [0, 0.1) is 0 Å². The zero-order chi connectivity index (χ0) is 19.8. The zero-order valence-corrected chi connectivity index (χ0v) is 16.0. The Balaban J connectivity index is 1.34. The number of hydrogen-bond donors (Lipinski definition) is 1. The average molecular weight is 386 g/mol. The Labute approximate surface area is 169 Å². The second kappa shape index (κ2) is 7.28. The third-order valence-electron chi connectivity index (χ3n) is 6.14. The van der Waals surface area contributed by atoms with Crippen molar-refractivity contribution in [2.75, 3.05) is 0 Å². The minimum absolute atomic E-state index is 0.0842. The number of nitrogens with zero attached hydrogens (tertiary/aromatic N) is 3. The Hall–Kier alpha value is -3.28. The Bertz CT molecular complexity index is 1050. The van der Waals surface area contributed by atoms with Crippen molar-refractivity contribution >= 4 is 22.6 Å². The van der Waals surface area contributed by atoms with Crippen molar-refractivity contribution in [3.8, 4) is 0 Å². The van der Waals surface area contributed by atoms with E-state index < -0.39 is 0 Å². The fourth-order valence-corrected chi connectivity index (χ4v) is 4.84. The number of benzene rings is 1. The molecule has 1 aromatic carbocycles. The van der Waals surface area contributed by atoms with E-state index in [0.29, 0.717) is 5.56 Å². The van der Waals surface area contributed by atoms with Gasteiger partial charge in [-0.1, -0.05) is 12.1 Å². The van der Waals surface area contributed by atoms with E-state index in [9.17, 15) is 9.59 Å². The highest BCUT2D eigenvalue weighted by atomic mass is 16.2. The van der Waals surface area contributed by atoms with Crippen molar-refractivity contribution in [1.29, 1.82) is 0 Å². The minimum Gasteiger partial charge on any atom is -0.349 e. The summed E-state index contributed by atoms with van der Waals surface area (Å²) >= 11 is 0. The van der Waals surface area contributed by atoms with E-state index in [1.807, 2.05) is 24.3 Å². The van der Waals surface area contributed by atoms with Crippen molar-refractivity contribution in [3.63, 3.8) is 0 Å². The molecule has 6 heteroatoms. The molecule has 29 heavy (non-hydrogen) atoms. The normalized spacial score (nSPS) is 23.2. The van der Waals surface area contributed by atoms with Gasteiger partial charge < -0.3 is 10.2 Å². The molecule has 0 saturated carbocycles. The molecular weight excluding hydrogens is 364 g/mol. The number of rotatable bonds is 3. The van der Waals surface area contributed by atoms with E-state index in [1.54, 1.807) is 36.9 Å². The molecule has 2 aliphatic heterocycles. The van der Waals surface area contributed by atoms with Crippen LogP contribution >= 0.6 is 0 Å². The maximum atomic E-state index is 13.4. The van der Waals surface area contributed by atoms with Crippen LogP contribution in [0.4, 0.5) is 0 Å². The van der Waals surface area contributed by atoms with Crippen molar-refractivity contribution in [2.45, 2.75) is 43.8 Å². The highest BCUT2D eigenvalue weighted by Gasteiger charge is 2.44. The van der Waals surface area contributed by atoms with Crippen LogP contribution in [0.3, 0.4) is 0 Å². The number of pyridine rings is 2. The van der Waals surface area contributed by atoms with Crippen LogP contribution in [0.5, 0.6) is 0 Å². The first kappa shape index (κ1) is 17.8. The first-order chi connectivity index (χ1) is 14.2. The molecule has 2 amide bonds. The van der Waals surface area contributed by atoms with Gasteiger partial charge in [0.15, 0.2) is 0 Å². The molecule has 2 atom stereocenters. The SMILES string of the molecule is O=C(NC1CC2CCC(C1)N2C(=O)c1cccc2cnccc12)c1cccnc1. The predicted octanol–water partition coefficient (Wildman–Crippen LogP) is 3.20. The molecule has 4 heterocycles. The molecule has 1 N–H and O–H groups in total. The molecule has 5 rings (SSSR count). The lowest BCUT2D eigenvalue weighted by atomic mass is 9.95. The van der Waals surface area contributed by atoms with Crippen LogP contribution in [0.25, 0.3) is 10.8 Å². The van der Waals surface area contributed by atoms with Gasteiger partial charge in [0, 0.05) is 53.9 Å². The van der Waals surface area contributed by atoms with Crippen LogP contribution in [-0.2, 0) is 0 Å². The Morgan fingerprint density at radius 1 is 0.931 bits per heavy atom. The maximum Gasteiger partial charge on any atom is 0.254 e. The smallest absolute Gasteiger partial charge is 0.254 e. The van der Waals surface area contributed by atoms with E-state index >= 15 is 0 Å². The third-order valence-corrected chi connectivity index (χ3v) is 6.14. The van der Waals surface area contributed by atoms with Crippen LogP contribution in [-0.4, -0.2) is 44.8 Å². The summed E-state index contributed by atoms with van der Waals surface area (Å²) in [6.07, 6.45) is 10.3. The summed E-state index contributed by atoms with van der Waals surface area (Å²) in [5.74, 6) is -0.00448. The average Bonchev–Trinajstić information content (AvgIpc) is 3.03. The summed E-state index contributed by atoms with van der Waals surface area (Å²) in [5.41, 5.74) is 1.31. The minimum atomic E-state index is -0.0937. The monoisotopic (exact) mass is 386 g/mol. The van der Waals surface area contributed by atoms with E-state index in [-0.39, 0.29) is 29.9 Å². The van der Waals surface area contributed by atoms with Crippen molar-refractivity contribution in [1.82, 2.24) is 20.2 Å². The molecule has 3 aromatic rings. The summed E-state index contributed by atoms with van der Waals surface area (Å²) in [5, 5.41) is 5.06. The standard InChI is InChI=1S/C23H22N4O2/c28-22(16-4-2-9-24-14-16)26-17-11-18-6-7-19(12-17)27(18)23(29)21-5-1-3-15-13-25-10-8-20(15)21/h1-5,8-10,13-14,17-19H,6-7,11-12H2,(H,26,28). The predicted molar refractivity (Wildman–Crippen MR) is 109 cm³/mol. The quantitative estimate of drug-likeness (QED) is 0.750. The van der Waals surface area contributed by atoms with Gasteiger partial charge in [0.1, 0.15) is 0 Å². The zero-order valence-electron chi connectivity index (χ0n) is 16.0. The molecule has 2 fully saturated rings. The van der Waals surface area contributed by atoms with E-state index in [2.05, 4.69) is 20.2 Å². The first-order valence-corrected chi connectivity index (χ1v) is 10.1. The Kier molecular flexibility index (Phi) is 4.46. The molecule has 0 spiro atoms.